The highest BCUT2D eigenvalue weighted by Gasteiger charge is 2.28. The van der Waals surface area contributed by atoms with Gasteiger partial charge in [-0.1, -0.05) is 0 Å². The van der Waals surface area contributed by atoms with Crippen LogP contribution in [0.2, 0.25) is 0 Å². The molecule has 4 heterocycles. The molecule has 0 amide bonds. The summed E-state index contributed by atoms with van der Waals surface area (Å²) in [4.78, 5) is 16.5. The third-order valence-corrected chi connectivity index (χ3v) is 6.04. The fourth-order valence-electron chi connectivity index (χ4n) is 4.20. The molecule has 0 bridgehead atoms. The van der Waals surface area contributed by atoms with E-state index >= 15 is 0 Å². The number of nitrogens with zero attached hydrogens (tertiary/aromatic N) is 7. The molecule has 148 valence electrons. The molecule has 3 fully saturated rings. The van der Waals surface area contributed by atoms with Gasteiger partial charge in [0.05, 0.1) is 0 Å². The van der Waals surface area contributed by atoms with Gasteiger partial charge in [0.15, 0.2) is 11.6 Å². The van der Waals surface area contributed by atoms with Crippen LogP contribution in [0.3, 0.4) is 0 Å². The Labute approximate surface area is 166 Å². The molecule has 7 heteroatoms. The van der Waals surface area contributed by atoms with Crippen molar-refractivity contribution in [2.24, 2.45) is 0 Å². The first-order chi connectivity index (χ1) is 13.8. The van der Waals surface area contributed by atoms with Gasteiger partial charge in [0, 0.05) is 56.9 Å². The molecule has 2 aromatic rings. The largest absolute Gasteiger partial charge is 0.355 e. The fraction of sp³-hybridized carbons (Fsp3) is 0.619. The maximum Gasteiger partial charge on any atom is 0.151 e. The van der Waals surface area contributed by atoms with Crippen molar-refractivity contribution in [3.05, 3.63) is 29.7 Å². The average molecular weight is 380 g/mol. The van der Waals surface area contributed by atoms with E-state index in [1.54, 1.807) is 0 Å². The van der Waals surface area contributed by atoms with Crippen LogP contribution in [0, 0.1) is 6.92 Å². The molecular formula is C21H29N7. The van der Waals surface area contributed by atoms with Gasteiger partial charge >= 0.3 is 0 Å². The molecule has 0 radical (unpaired) electrons. The first-order valence-electron chi connectivity index (χ1n) is 10.7. The minimum Gasteiger partial charge on any atom is -0.355 e. The Hall–Kier alpha value is -2.44. The van der Waals surface area contributed by atoms with Crippen molar-refractivity contribution in [2.75, 3.05) is 54.0 Å². The minimum atomic E-state index is 0.591. The standard InChI is InChI=1S/C21H29N7/c1-16-15-20(23-21(22-16)17-5-6-17)28-13-11-27(12-14-28)19-8-7-18(24-25-19)26-9-3-2-4-10-26/h7-8,15,17H,2-6,9-14H2,1H3. The highest BCUT2D eigenvalue weighted by atomic mass is 15.3. The van der Waals surface area contributed by atoms with Crippen LogP contribution in [-0.4, -0.2) is 59.4 Å². The van der Waals surface area contributed by atoms with E-state index in [-0.39, 0.29) is 0 Å². The lowest BCUT2D eigenvalue weighted by molar-refractivity contribution is 0.570. The van der Waals surface area contributed by atoms with Gasteiger partial charge in [-0.15, -0.1) is 10.2 Å². The predicted octanol–water partition coefficient (Wildman–Crippen LogP) is 2.77. The zero-order valence-electron chi connectivity index (χ0n) is 16.7. The number of piperidine rings is 1. The molecule has 3 aliphatic rings. The molecule has 1 aliphatic carbocycles. The van der Waals surface area contributed by atoms with E-state index in [1.165, 1.54) is 32.1 Å². The second-order valence-corrected chi connectivity index (χ2v) is 8.27. The Morgan fingerprint density at radius 3 is 1.86 bits per heavy atom. The van der Waals surface area contributed by atoms with Gasteiger partial charge in [-0.05, 0) is 51.2 Å². The topological polar surface area (TPSA) is 61.3 Å². The number of rotatable bonds is 4. The smallest absolute Gasteiger partial charge is 0.151 e. The molecule has 7 nitrogen and oxygen atoms in total. The van der Waals surface area contributed by atoms with Crippen LogP contribution in [-0.2, 0) is 0 Å². The number of hydrogen-bond acceptors (Lipinski definition) is 7. The number of anilines is 3. The van der Waals surface area contributed by atoms with Crippen LogP contribution in [0.4, 0.5) is 17.5 Å². The summed E-state index contributed by atoms with van der Waals surface area (Å²) in [5.41, 5.74) is 1.08. The second-order valence-electron chi connectivity index (χ2n) is 8.27. The fourth-order valence-corrected chi connectivity index (χ4v) is 4.20. The van der Waals surface area contributed by atoms with Crippen LogP contribution in [0.1, 0.15) is 49.5 Å². The first kappa shape index (κ1) is 17.6. The van der Waals surface area contributed by atoms with Crippen molar-refractivity contribution >= 4 is 17.5 Å². The Kier molecular flexibility index (Phi) is 4.74. The van der Waals surface area contributed by atoms with Crippen molar-refractivity contribution in [2.45, 2.75) is 44.9 Å². The van der Waals surface area contributed by atoms with Crippen LogP contribution >= 0.6 is 0 Å². The van der Waals surface area contributed by atoms with E-state index in [9.17, 15) is 0 Å². The van der Waals surface area contributed by atoms with Gasteiger partial charge in [0.2, 0.25) is 0 Å². The summed E-state index contributed by atoms with van der Waals surface area (Å²) in [5, 5.41) is 9.03. The quantitative estimate of drug-likeness (QED) is 0.809. The first-order valence-corrected chi connectivity index (χ1v) is 10.7. The third kappa shape index (κ3) is 3.75. The van der Waals surface area contributed by atoms with Crippen molar-refractivity contribution in [3.63, 3.8) is 0 Å². The molecular weight excluding hydrogens is 350 g/mol. The lowest BCUT2D eigenvalue weighted by Crippen LogP contribution is -2.47. The van der Waals surface area contributed by atoms with Crippen LogP contribution in [0.25, 0.3) is 0 Å². The minimum absolute atomic E-state index is 0.591. The Balaban J connectivity index is 1.22. The van der Waals surface area contributed by atoms with Gasteiger partial charge in [-0.25, -0.2) is 9.97 Å². The maximum absolute atomic E-state index is 4.84. The second kappa shape index (κ2) is 7.53. The summed E-state index contributed by atoms with van der Waals surface area (Å²) in [6.45, 7) is 8.08. The predicted molar refractivity (Wildman–Crippen MR) is 111 cm³/mol. The molecule has 0 atom stereocenters. The molecule has 0 unspecified atom stereocenters. The zero-order chi connectivity index (χ0) is 18.9. The molecule has 0 spiro atoms. The summed E-state index contributed by atoms with van der Waals surface area (Å²) in [6.07, 6.45) is 6.33. The molecule has 0 aromatic carbocycles. The third-order valence-electron chi connectivity index (χ3n) is 6.04. The van der Waals surface area contributed by atoms with Gasteiger partial charge in [0.1, 0.15) is 11.6 Å². The van der Waals surface area contributed by atoms with Crippen molar-refractivity contribution in [1.29, 1.82) is 0 Å². The number of hydrogen-bond donors (Lipinski definition) is 0. The number of piperazine rings is 1. The SMILES string of the molecule is Cc1cc(N2CCN(c3ccc(N4CCCCC4)nn3)CC2)nc(C2CC2)n1. The lowest BCUT2D eigenvalue weighted by atomic mass is 10.1. The highest BCUT2D eigenvalue weighted by Crippen LogP contribution is 2.38. The van der Waals surface area contributed by atoms with Crippen LogP contribution in [0.15, 0.2) is 18.2 Å². The van der Waals surface area contributed by atoms with E-state index in [4.69, 9.17) is 4.98 Å². The highest BCUT2D eigenvalue weighted by molar-refractivity contribution is 5.48. The molecule has 28 heavy (non-hydrogen) atoms. The molecule has 2 aliphatic heterocycles. The van der Waals surface area contributed by atoms with Crippen LogP contribution < -0.4 is 14.7 Å². The summed E-state index contributed by atoms with van der Waals surface area (Å²) < 4.78 is 0. The molecule has 1 saturated carbocycles. The monoisotopic (exact) mass is 379 g/mol. The average Bonchev–Trinajstić information content (AvgIpc) is 3.60. The Morgan fingerprint density at radius 1 is 0.714 bits per heavy atom. The van der Waals surface area contributed by atoms with E-state index in [2.05, 4.69) is 55.0 Å². The number of aryl methyl sites for hydroxylation is 1. The lowest BCUT2D eigenvalue weighted by Gasteiger charge is -2.36. The van der Waals surface area contributed by atoms with Crippen molar-refractivity contribution in [1.82, 2.24) is 20.2 Å². The van der Waals surface area contributed by atoms with Gasteiger partial charge < -0.3 is 14.7 Å². The van der Waals surface area contributed by atoms with Gasteiger partial charge in [-0.2, -0.15) is 0 Å². The Bertz CT molecular complexity index is 804. The summed E-state index contributed by atoms with van der Waals surface area (Å²) in [5.74, 6) is 4.72. The zero-order valence-corrected chi connectivity index (χ0v) is 16.7. The molecule has 5 rings (SSSR count). The maximum atomic E-state index is 4.84. The normalized spacial score (nSPS) is 20.5. The van der Waals surface area contributed by atoms with E-state index in [0.717, 1.165) is 68.2 Å². The van der Waals surface area contributed by atoms with Gasteiger partial charge in [-0.3, -0.25) is 0 Å². The molecule has 2 aromatic heterocycles. The van der Waals surface area contributed by atoms with Crippen molar-refractivity contribution in [3.8, 4) is 0 Å². The van der Waals surface area contributed by atoms with Crippen molar-refractivity contribution < 1.29 is 0 Å². The van der Waals surface area contributed by atoms with E-state index < -0.39 is 0 Å². The summed E-state index contributed by atoms with van der Waals surface area (Å²) in [7, 11) is 0. The van der Waals surface area contributed by atoms with Crippen LogP contribution in [0.5, 0.6) is 0 Å². The summed E-state index contributed by atoms with van der Waals surface area (Å²) >= 11 is 0. The summed E-state index contributed by atoms with van der Waals surface area (Å²) in [6, 6.07) is 6.39. The Morgan fingerprint density at radius 2 is 1.29 bits per heavy atom. The molecule has 0 N–H and O–H groups in total. The number of aromatic nitrogens is 4. The van der Waals surface area contributed by atoms with E-state index in [1.807, 2.05) is 0 Å². The van der Waals surface area contributed by atoms with Gasteiger partial charge in [0.25, 0.3) is 0 Å². The van der Waals surface area contributed by atoms with E-state index in [0.29, 0.717) is 5.92 Å². The molecule has 2 saturated heterocycles.